The van der Waals surface area contributed by atoms with Crippen molar-refractivity contribution >= 4 is 29.1 Å². The van der Waals surface area contributed by atoms with Crippen LogP contribution in [0, 0.1) is 11.7 Å². The molecule has 1 unspecified atom stereocenters. The van der Waals surface area contributed by atoms with Gasteiger partial charge in [-0.1, -0.05) is 29.8 Å². The number of hydrogen-bond donors (Lipinski definition) is 1. The number of carbonyl (C=O) groups excluding carboxylic acids is 2. The lowest BCUT2D eigenvalue weighted by Gasteiger charge is -2.32. The number of piperidine rings is 1. The summed E-state index contributed by atoms with van der Waals surface area (Å²) in [6.07, 6.45) is 1.72. The van der Waals surface area contributed by atoms with Crippen molar-refractivity contribution in [3.8, 4) is 5.75 Å². The summed E-state index contributed by atoms with van der Waals surface area (Å²) in [5, 5.41) is 2.71. The zero-order valence-electron chi connectivity index (χ0n) is 15.4. The van der Waals surface area contributed by atoms with Crippen LogP contribution < -0.4 is 10.1 Å². The second-order valence-electron chi connectivity index (χ2n) is 6.71. The average molecular weight is 405 g/mol. The molecule has 0 aliphatic carbocycles. The number of halogens is 2. The van der Waals surface area contributed by atoms with Crippen molar-refractivity contribution in [1.82, 2.24) is 4.90 Å². The fraction of sp³-hybridized carbons (Fsp3) is 0.333. The molecular formula is C21H22ClFN2O3. The Morgan fingerprint density at radius 3 is 2.75 bits per heavy atom. The van der Waals surface area contributed by atoms with Crippen LogP contribution in [0.4, 0.5) is 10.1 Å². The SMILES string of the molecule is O=C(Nc1ccc(F)c(Cl)c1)C1CCCN(C(=O)CCOc2ccccc2)C1. The highest BCUT2D eigenvalue weighted by Gasteiger charge is 2.28. The lowest BCUT2D eigenvalue weighted by Crippen LogP contribution is -2.44. The Balaban J connectivity index is 1.49. The normalized spacial score (nSPS) is 16.5. The van der Waals surface area contributed by atoms with Crippen LogP contribution in [0.15, 0.2) is 48.5 Å². The van der Waals surface area contributed by atoms with Crippen molar-refractivity contribution in [2.45, 2.75) is 19.3 Å². The van der Waals surface area contributed by atoms with E-state index in [0.29, 0.717) is 31.8 Å². The average Bonchev–Trinajstić information content (AvgIpc) is 2.71. The summed E-state index contributed by atoms with van der Waals surface area (Å²) in [6.45, 7) is 1.30. The number of hydrogen-bond acceptors (Lipinski definition) is 3. The number of nitrogens with zero attached hydrogens (tertiary/aromatic N) is 1. The smallest absolute Gasteiger partial charge is 0.229 e. The predicted octanol–water partition coefficient (Wildman–Crippen LogP) is 4.13. The largest absolute Gasteiger partial charge is 0.493 e. The van der Waals surface area contributed by atoms with Crippen LogP contribution >= 0.6 is 11.6 Å². The minimum Gasteiger partial charge on any atom is -0.493 e. The van der Waals surface area contributed by atoms with Gasteiger partial charge in [-0.2, -0.15) is 0 Å². The minimum atomic E-state index is -0.535. The lowest BCUT2D eigenvalue weighted by atomic mass is 9.96. The highest BCUT2D eigenvalue weighted by molar-refractivity contribution is 6.31. The lowest BCUT2D eigenvalue weighted by molar-refractivity contribution is -0.135. The summed E-state index contributed by atoms with van der Waals surface area (Å²) in [4.78, 5) is 26.7. The Morgan fingerprint density at radius 2 is 2.00 bits per heavy atom. The van der Waals surface area contributed by atoms with Gasteiger partial charge < -0.3 is 15.0 Å². The highest BCUT2D eigenvalue weighted by Crippen LogP contribution is 2.22. The molecule has 28 heavy (non-hydrogen) atoms. The number of ether oxygens (including phenoxy) is 1. The zero-order valence-corrected chi connectivity index (χ0v) is 16.1. The van der Waals surface area contributed by atoms with E-state index in [-0.39, 0.29) is 29.2 Å². The molecule has 3 rings (SSSR count). The third-order valence-electron chi connectivity index (χ3n) is 4.66. The molecule has 1 aliphatic heterocycles. The van der Waals surface area contributed by atoms with Gasteiger partial charge in [0.2, 0.25) is 11.8 Å². The highest BCUT2D eigenvalue weighted by atomic mass is 35.5. The molecule has 1 atom stereocenters. The van der Waals surface area contributed by atoms with Crippen LogP contribution in [0.1, 0.15) is 19.3 Å². The number of para-hydroxylation sites is 1. The summed E-state index contributed by atoms with van der Waals surface area (Å²) in [6, 6.07) is 13.4. The number of carbonyl (C=O) groups is 2. The molecule has 1 N–H and O–H groups in total. The van der Waals surface area contributed by atoms with Crippen LogP contribution in [0.2, 0.25) is 5.02 Å². The van der Waals surface area contributed by atoms with Crippen LogP contribution in [0.5, 0.6) is 5.75 Å². The van der Waals surface area contributed by atoms with E-state index in [1.807, 2.05) is 30.3 Å². The van der Waals surface area contributed by atoms with Crippen LogP contribution in [0.3, 0.4) is 0 Å². The van der Waals surface area contributed by atoms with Crippen molar-refractivity contribution in [3.05, 3.63) is 59.4 Å². The van der Waals surface area contributed by atoms with Gasteiger partial charge in [-0.05, 0) is 43.2 Å². The van der Waals surface area contributed by atoms with Gasteiger partial charge in [-0.15, -0.1) is 0 Å². The molecular weight excluding hydrogens is 383 g/mol. The molecule has 0 radical (unpaired) electrons. The maximum absolute atomic E-state index is 13.2. The van der Waals surface area contributed by atoms with Crippen molar-refractivity contribution < 1.29 is 18.7 Å². The summed E-state index contributed by atoms with van der Waals surface area (Å²) in [5.41, 5.74) is 0.441. The Kier molecular flexibility index (Phi) is 6.87. The molecule has 1 saturated heterocycles. The minimum absolute atomic E-state index is 0.0294. The maximum Gasteiger partial charge on any atom is 0.229 e. The molecule has 0 spiro atoms. The van der Waals surface area contributed by atoms with Gasteiger partial charge in [0.25, 0.3) is 0 Å². The number of likely N-dealkylation sites (tertiary alicyclic amines) is 1. The molecule has 1 heterocycles. The van der Waals surface area contributed by atoms with E-state index >= 15 is 0 Å². The predicted molar refractivity (Wildman–Crippen MR) is 106 cm³/mol. The molecule has 0 aromatic heterocycles. The number of amides is 2. The second-order valence-corrected chi connectivity index (χ2v) is 7.12. The molecule has 2 amide bonds. The van der Waals surface area contributed by atoms with E-state index in [9.17, 15) is 14.0 Å². The van der Waals surface area contributed by atoms with E-state index in [1.165, 1.54) is 18.2 Å². The maximum atomic E-state index is 13.2. The van der Waals surface area contributed by atoms with E-state index in [4.69, 9.17) is 16.3 Å². The Morgan fingerprint density at radius 1 is 1.21 bits per heavy atom. The molecule has 2 aromatic rings. The molecule has 148 valence electrons. The van der Waals surface area contributed by atoms with Crippen LogP contribution in [-0.2, 0) is 9.59 Å². The molecule has 2 aromatic carbocycles. The van der Waals surface area contributed by atoms with E-state index < -0.39 is 5.82 Å². The third-order valence-corrected chi connectivity index (χ3v) is 4.95. The van der Waals surface area contributed by atoms with E-state index in [0.717, 1.165) is 12.2 Å². The standard InChI is InChI=1S/C21H22ClFN2O3/c22-18-13-16(8-9-19(18)23)24-21(27)15-5-4-11-25(14-15)20(26)10-12-28-17-6-2-1-3-7-17/h1-3,6-9,13,15H,4-5,10-12,14H2,(H,24,27). The van der Waals surface area contributed by atoms with Gasteiger partial charge in [0.05, 0.1) is 24.0 Å². The quantitative estimate of drug-likeness (QED) is 0.787. The van der Waals surface area contributed by atoms with Gasteiger partial charge in [0.1, 0.15) is 11.6 Å². The summed E-state index contributed by atoms with van der Waals surface area (Å²) in [5.74, 6) is -0.341. The van der Waals surface area contributed by atoms with Gasteiger partial charge in [0, 0.05) is 18.8 Å². The Labute approximate surface area is 168 Å². The first-order chi connectivity index (χ1) is 13.5. The molecule has 0 bridgehead atoms. The van der Waals surface area contributed by atoms with E-state index in [1.54, 1.807) is 4.90 Å². The van der Waals surface area contributed by atoms with Gasteiger partial charge >= 0.3 is 0 Å². The monoisotopic (exact) mass is 404 g/mol. The topological polar surface area (TPSA) is 58.6 Å². The summed E-state index contributed by atoms with van der Waals surface area (Å²) >= 11 is 5.75. The number of benzene rings is 2. The second kappa shape index (κ2) is 9.55. The fourth-order valence-corrected chi connectivity index (χ4v) is 3.35. The van der Waals surface area contributed by atoms with Crippen molar-refractivity contribution in [2.75, 3.05) is 25.0 Å². The van der Waals surface area contributed by atoms with Crippen LogP contribution in [0.25, 0.3) is 0 Å². The molecule has 5 nitrogen and oxygen atoms in total. The van der Waals surface area contributed by atoms with Crippen LogP contribution in [-0.4, -0.2) is 36.4 Å². The number of nitrogens with one attached hydrogen (secondary N) is 1. The van der Waals surface area contributed by atoms with Crippen molar-refractivity contribution in [2.24, 2.45) is 5.92 Å². The van der Waals surface area contributed by atoms with Gasteiger partial charge in [0.15, 0.2) is 0 Å². The Hall–Kier alpha value is -2.60. The first-order valence-electron chi connectivity index (χ1n) is 9.24. The van der Waals surface area contributed by atoms with Gasteiger partial charge in [-0.25, -0.2) is 4.39 Å². The fourth-order valence-electron chi connectivity index (χ4n) is 3.17. The Bertz CT molecular complexity index is 832. The first-order valence-corrected chi connectivity index (χ1v) is 9.62. The summed E-state index contributed by atoms with van der Waals surface area (Å²) < 4.78 is 18.8. The molecule has 1 aliphatic rings. The number of rotatable bonds is 6. The van der Waals surface area contributed by atoms with Crippen molar-refractivity contribution in [1.29, 1.82) is 0 Å². The summed E-state index contributed by atoms with van der Waals surface area (Å²) in [7, 11) is 0. The third kappa shape index (κ3) is 5.45. The molecule has 7 heteroatoms. The zero-order chi connectivity index (χ0) is 19.9. The van der Waals surface area contributed by atoms with Crippen molar-refractivity contribution in [3.63, 3.8) is 0 Å². The first kappa shape index (κ1) is 20.1. The molecule has 0 saturated carbocycles. The van der Waals surface area contributed by atoms with Gasteiger partial charge in [-0.3, -0.25) is 9.59 Å². The number of anilines is 1. The van der Waals surface area contributed by atoms with E-state index in [2.05, 4.69) is 5.32 Å². The molecule has 1 fully saturated rings.